The van der Waals surface area contributed by atoms with Crippen LogP contribution in [0.2, 0.25) is 0 Å². The number of nitrogens with zero attached hydrogens (tertiary/aromatic N) is 1. The van der Waals surface area contributed by atoms with Gasteiger partial charge in [0.15, 0.2) is 0 Å². The molecule has 8 nitrogen and oxygen atoms in total. The highest BCUT2D eigenvalue weighted by molar-refractivity contribution is 5.95. The molecule has 0 aliphatic carbocycles. The van der Waals surface area contributed by atoms with Crippen LogP contribution in [0.25, 0.3) is 0 Å². The fraction of sp³-hybridized carbons (Fsp3) is 0.429. The Labute approximate surface area is 127 Å². The van der Waals surface area contributed by atoms with Crippen LogP contribution in [0.15, 0.2) is 12.1 Å². The molecule has 1 unspecified atom stereocenters. The van der Waals surface area contributed by atoms with Crippen molar-refractivity contribution in [3.05, 3.63) is 33.4 Å². The SMILES string of the molecule is COc1cc(C(=O)NCC(C)CC(=O)O)cc([N+](=O)[O-])c1C. The van der Waals surface area contributed by atoms with Crippen molar-refractivity contribution < 1.29 is 24.4 Å². The molecule has 1 aromatic rings. The highest BCUT2D eigenvalue weighted by Gasteiger charge is 2.20. The molecule has 0 aliphatic rings. The van der Waals surface area contributed by atoms with E-state index >= 15 is 0 Å². The second-order valence-corrected chi connectivity index (χ2v) is 4.99. The number of carboxylic acids is 1. The molecular formula is C14H18N2O6. The van der Waals surface area contributed by atoms with E-state index in [1.165, 1.54) is 26.2 Å². The minimum atomic E-state index is -0.950. The van der Waals surface area contributed by atoms with Gasteiger partial charge in [-0.25, -0.2) is 0 Å². The molecule has 0 spiro atoms. The van der Waals surface area contributed by atoms with Gasteiger partial charge in [0.1, 0.15) is 5.75 Å². The van der Waals surface area contributed by atoms with Crippen LogP contribution in [0.5, 0.6) is 5.75 Å². The Bertz CT molecular complexity index is 599. The van der Waals surface area contributed by atoms with Crippen molar-refractivity contribution >= 4 is 17.6 Å². The molecule has 1 aromatic carbocycles. The standard InChI is InChI=1S/C14H18N2O6/c1-8(4-13(17)18)7-15-14(19)10-5-11(16(20)21)9(2)12(6-10)22-3/h5-6,8H,4,7H2,1-3H3,(H,15,19)(H,17,18). The van der Waals surface area contributed by atoms with Gasteiger partial charge in [-0.1, -0.05) is 6.92 Å². The van der Waals surface area contributed by atoms with Gasteiger partial charge in [0, 0.05) is 24.6 Å². The van der Waals surface area contributed by atoms with E-state index in [0.717, 1.165) is 0 Å². The summed E-state index contributed by atoms with van der Waals surface area (Å²) in [5, 5.41) is 22.2. The molecule has 0 aliphatic heterocycles. The Morgan fingerprint density at radius 1 is 1.45 bits per heavy atom. The van der Waals surface area contributed by atoms with Crippen molar-refractivity contribution in [1.82, 2.24) is 5.32 Å². The van der Waals surface area contributed by atoms with E-state index < -0.39 is 16.8 Å². The number of methoxy groups -OCH3 is 1. The number of nitrogens with one attached hydrogen (secondary N) is 1. The Hall–Kier alpha value is -2.64. The fourth-order valence-electron chi connectivity index (χ4n) is 1.94. The van der Waals surface area contributed by atoms with Crippen LogP contribution >= 0.6 is 0 Å². The summed E-state index contributed by atoms with van der Waals surface area (Å²) in [7, 11) is 1.36. The van der Waals surface area contributed by atoms with Gasteiger partial charge in [-0.05, 0) is 18.9 Å². The number of carbonyl (C=O) groups excluding carboxylic acids is 1. The quantitative estimate of drug-likeness (QED) is 0.585. The lowest BCUT2D eigenvalue weighted by molar-refractivity contribution is -0.385. The molecule has 1 atom stereocenters. The number of carboxylic acid groups (broad SMARTS) is 1. The Balaban J connectivity index is 2.91. The molecule has 0 fully saturated rings. The smallest absolute Gasteiger partial charge is 0.303 e. The largest absolute Gasteiger partial charge is 0.496 e. The topological polar surface area (TPSA) is 119 Å². The molecule has 0 aromatic heterocycles. The van der Waals surface area contributed by atoms with Crippen molar-refractivity contribution in [3.8, 4) is 5.75 Å². The van der Waals surface area contributed by atoms with Crippen molar-refractivity contribution in [1.29, 1.82) is 0 Å². The molecule has 1 amide bonds. The fourth-order valence-corrected chi connectivity index (χ4v) is 1.94. The van der Waals surface area contributed by atoms with Crippen LogP contribution in [0, 0.1) is 23.0 Å². The highest BCUT2D eigenvalue weighted by Crippen LogP contribution is 2.29. The molecule has 0 saturated carbocycles. The van der Waals surface area contributed by atoms with Gasteiger partial charge < -0.3 is 15.2 Å². The van der Waals surface area contributed by atoms with Crippen LogP contribution in [-0.4, -0.2) is 35.6 Å². The maximum atomic E-state index is 12.1. The van der Waals surface area contributed by atoms with Crippen LogP contribution in [0.3, 0.4) is 0 Å². The lowest BCUT2D eigenvalue weighted by atomic mass is 10.1. The number of hydrogen-bond acceptors (Lipinski definition) is 5. The van der Waals surface area contributed by atoms with E-state index in [0.29, 0.717) is 5.56 Å². The third-order valence-corrected chi connectivity index (χ3v) is 3.15. The number of ether oxygens (including phenoxy) is 1. The average Bonchev–Trinajstić information content (AvgIpc) is 2.43. The number of carbonyl (C=O) groups is 2. The number of rotatable bonds is 7. The van der Waals surface area contributed by atoms with Gasteiger partial charge >= 0.3 is 5.97 Å². The summed E-state index contributed by atoms with van der Waals surface area (Å²) in [6.07, 6.45) is -0.0718. The molecule has 0 saturated heterocycles. The average molecular weight is 310 g/mol. The molecular weight excluding hydrogens is 292 g/mol. The summed E-state index contributed by atoms with van der Waals surface area (Å²) < 4.78 is 5.04. The van der Waals surface area contributed by atoms with Crippen molar-refractivity contribution in [2.75, 3.05) is 13.7 Å². The first-order valence-electron chi connectivity index (χ1n) is 6.59. The Morgan fingerprint density at radius 2 is 2.09 bits per heavy atom. The monoisotopic (exact) mass is 310 g/mol. The van der Waals surface area contributed by atoms with Crippen molar-refractivity contribution in [2.24, 2.45) is 5.92 Å². The first kappa shape index (κ1) is 17.4. The number of nitro groups is 1. The van der Waals surface area contributed by atoms with E-state index in [-0.39, 0.29) is 35.9 Å². The van der Waals surface area contributed by atoms with Gasteiger partial charge in [-0.3, -0.25) is 19.7 Å². The number of nitro benzene ring substituents is 1. The van der Waals surface area contributed by atoms with Gasteiger partial charge in [-0.15, -0.1) is 0 Å². The molecule has 8 heteroatoms. The van der Waals surface area contributed by atoms with E-state index in [1.807, 2.05) is 0 Å². The van der Waals surface area contributed by atoms with Crippen LogP contribution in [0.4, 0.5) is 5.69 Å². The minimum Gasteiger partial charge on any atom is -0.496 e. The molecule has 0 bridgehead atoms. The summed E-state index contributed by atoms with van der Waals surface area (Å²) >= 11 is 0. The zero-order valence-corrected chi connectivity index (χ0v) is 12.6. The second kappa shape index (κ2) is 7.39. The molecule has 1 rings (SSSR count). The molecule has 0 heterocycles. The minimum absolute atomic E-state index is 0.0718. The van der Waals surface area contributed by atoms with Gasteiger partial charge in [0.05, 0.1) is 17.6 Å². The van der Waals surface area contributed by atoms with E-state index in [4.69, 9.17) is 9.84 Å². The van der Waals surface area contributed by atoms with Crippen LogP contribution < -0.4 is 10.1 Å². The summed E-state index contributed by atoms with van der Waals surface area (Å²) in [5.74, 6) is -1.46. The number of hydrogen-bond donors (Lipinski definition) is 2. The molecule has 2 N–H and O–H groups in total. The Kier molecular flexibility index (Phi) is 5.85. The van der Waals surface area contributed by atoms with Crippen molar-refractivity contribution in [3.63, 3.8) is 0 Å². The summed E-state index contributed by atoms with van der Waals surface area (Å²) in [6.45, 7) is 3.38. The summed E-state index contributed by atoms with van der Waals surface area (Å²) in [5.41, 5.74) is 0.225. The normalized spacial score (nSPS) is 11.6. The van der Waals surface area contributed by atoms with Crippen molar-refractivity contribution in [2.45, 2.75) is 20.3 Å². The summed E-state index contributed by atoms with van der Waals surface area (Å²) in [6, 6.07) is 2.59. The Morgan fingerprint density at radius 3 is 2.59 bits per heavy atom. The second-order valence-electron chi connectivity index (χ2n) is 4.99. The third kappa shape index (κ3) is 4.44. The zero-order chi connectivity index (χ0) is 16.9. The predicted octanol–water partition coefficient (Wildman–Crippen LogP) is 1.75. The third-order valence-electron chi connectivity index (χ3n) is 3.15. The van der Waals surface area contributed by atoms with Gasteiger partial charge in [-0.2, -0.15) is 0 Å². The number of benzene rings is 1. The first-order valence-corrected chi connectivity index (χ1v) is 6.59. The number of aliphatic carboxylic acids is 1. The molecule has 120 valence electrons. The molecule has 0 radical (unpaired) electrons. The zero-order valence-electron chi connectivity index (χ0n) is 12.6. The molecule has 22 heavy (non-hydrogen) atoms. The van der Waals surface area contributed by atoms with E-state index in [9.17, 15) is 19.7 Å². The number of amides is 1. The predicted molar refractivity (Wildman–Crippen MR) is 78.1 cm³/mol. The van der Waals surface area contributed by atoms with E-state index in [2.05, 4.69) is 5.32 Å². The van der Waals surface area contributed by atoms with Crippen LogP contribution in [0.1, 0.15) is 29.3 Å². The first-order chi connectivity index (χ1) is 10.3. The maximum Gasteiger partial charge on any atom is 0.303 e. The van der Waals surface area contributed by atoms with Crippen LogP contribution in [-0.2, 0) is 4.79 Å². The maximum absolute atomic E-state index is 12.1. The lowest BCUT2D eigenvalue weighted by Gasteiger charge is -2.12. The lowest BCUT2D eigenvalue weighted by Crippen LogP contribution is -2.29. The van der Waals surface area contributed by atoms with Gasteiger partial charge in [0.25, 0.3) is 11.6 Å². The van der Waals surface area contributed by atoms with E-state index in [1.54, 1.807) is 6.92 Å². The summed E-state index contributed by atoms with van der Waals surface area (Å²) in [4.78, 5) is 33.0. The highest BCUT2D eigenvalue weighted by atomic mass is 16.6. The van der Waals surface area contributed by atoms with Gasteiger partial charge in [0.2, 0.25) is 0 Å².